The summed E-state index contributed by atoms with van der Waals surface area (Å²) in [4.78, 5) is 26.7. The monoisotopic (exact) mass is 274 g/mol. The van der Waals surface area contributed by atoms with Crippen molar-refractivity contribution < 1.29 is 9.59 Å². The van der Waals surface area contributed by atoms with Gasteiger partial charge >= 0.3 is 0 Å². The summed E-state index contributed by atoms with van der Waals surface area (Å²) in [5, 5.41) is 9.64. The average molecular weight is 274 g/mol. The maximum Gasteiger partial charge on any atom is 0.234 e. The van der Waals surface area contributed by atoms with Gasteiger partial charge in [0.1, 0.15) is 5.54 Å². The Kier molecular flexibility index (Phi) is 3.12. The number of carbonyl (C=O) groups is 2. The average Bonchev–Trinajstić information content (AvgIpc) is 2.92. The Bertz CT molecular complexity index is 461. The summed E-state index contributed by atoms with van der Waals surface area (Å²) < 4.78 is 0. The standard InChI is InChI=1S/C16H22N2O2/c1-10-3-5-16(9-17,6-4-10)18-14(19)12-7-11(2)8-13(12)15(18)20/h10-13H,3-8H2,1-2H3. The van der Waals surface area contributed by atoms with Gasteiger partial charge in [0.15, 0.2) is 0 Å². The number of hydrogen-bond acceptors (Lipinski definition) is 3. The highest BCUT2D eigenvalue weighted by molar-refractivity contribution is 6.06. The first-order valence-electron chi connectivity index (χ1n) is 7.77. The molecule has 1 aliphatic heterocycles. The smallest absolute Gasteiger partial charge is 0.234 e. The number of fused-ring (bicyclic) bond motifs is 1. The fraction of sp³-hybridized carbons (Fsp3) is 0.812. The minimum absolute atomic E-state index is 0.0690. The van der Waals surface area contributed by atoms with Gasteiger partial charge in [0, 0.05) is 0 Å². The first-order chi connectivity index (χ1) is 9.48. The normalized spacial score (nSPS) is 44.5. The van der Waals surface area contributed by atoms with Gasteiger partial charge in [0.05, 0.1) is 17.9 Å². The summed E-state index contributed by atoms with van der Waals surface area (Å²) in [5.74, 6) is 0.596. The highest BCUT2D eigenvalue weighted by Gasteiger charge is 2.58. The van der Waals surface area contributed by atoms with Crippen molar-refractivity contribution in [1.29, 1.82) is 5.26 Å². The topological polar surface area (TPSA) is 61.2 Å². The zero-order valence-electron chi connectivity index (χ0n) is 12.3. The molecule has 108 valence electrons. The summed E-state index contributed by atoms with van der Waals surface area (Å²) in [6, 6.07) is 2.33. The van der Waals surface area contributed by atoms with Crippen LogP contribution in [0.4, 0.5) is 0 Å². The Morgan fingerprint density at radius 3 is 2.00 bits per heavy atom. The SMILES string of the molecule is CC1CCC(C#N)(N2C(=O)C3CC(C)CC3C2=O)CC1. The molecule has 3 aliphatic rings. The van der Waals surface area contributed by atoms with Crippen LogP contribution in [0.2, 0.25) is 0 Å². The minimum Gasteiger partial charge on any atom is -0.274 e. The molecular formula is C16H22N2O2. The minimum atomic E-state index is -0.853. The summed E-state index contributed by atoms with van der Waals surface area (Å²) in [7, 11) is 0. The molecule has 4 nitrogen and oxygen atoms in total. The molecule has 2 amide bonds. The van der Waals surface area contributed by atoms with Gasteiger partial charge in [0.2, 0.25) is 11.8 Å². The van der Waals surface area contributed by atoms with E-state index in [0.29, 0.717) is 24.7 Å². The number of carbonyl (C=O) groups excluding carboxylic acids is 2. The Morgan fingerprint density at radius 2 is 1.55 bits per heavy atom. The number of hydrogen-bond donors (Lipinski definition) is 0. The van der Waals surface area contributed by atoms with E-state index in [4.69, 9.17) is 0 Å². The second-order valence-electron chi connectivity index (χ2n) is 7.13. The summed E-state index contributed by atoms with van der Waals surface area (Å²) in [6.45, 7) is 4.27. The van der Waals surface area contributed by atoms with Crippen LogP contribution < -0.4 is 0 Å². The van der Waals surface area contributed by atoms with Crippen molar-refractivity contribution in [3.05, 3.63) is 0 Å². The fourth-order valence-corrected chi connectivity index (χ4v) is 4.32. The molecular weight excluding hydrogens is 252 g/mol. The van der Waals surface area contributed by atoms with Crippen LogP contribution in [-0.2, 0) is 9.59 Å². The van der Waals surface area contributed by atoms with Crippen LogP contribution in [0.5, 0.6) is 0 Å². The van der Waals surface area contributed by atoms with Gasteiger partial charge < -0.3 is 0 Å². The summed E-state index contributed by atoms with van der Waals surface area (Å²) >= 11 is 0. The van der Waals surface area contributed by atoms with Crippen molar-refractivity contribution in [3.8, 4) is 6.07 Å². The van der Waals surface area contributed by atoms with Crippen LogP contribution in [-0.4, -0.2) is 22.3 Å². The highest BCUT2D eigenvalue weighted by atomic mass is 16.2. The van der Waals surface area contributed by atoms with E-state index in [-0.39, 0.29) is 23.7 Å². The Morgan fingerprint density at radius 1 is 1.05 bits per heavy atom. The fourth-order valence-electron chi connectivity index (χ4n) is 4.32. The van der Waals surface area contributed by atoms with Crippen LogP contribution in [0, 0.1) is 35.0 Å². The second-order valence-corrected chi connectivity index (χ2v) is 7.13. The molecule has 3 fully saturated rings. The lowest BCUT2D eigenvalue weighted by Gasteiger charge is -2.40. The van der Waals surface area contributed by atoms with Gasteiger partial charge in [-0.3, -0.25) is 14.5 Å². The molecule has 1 heterocycles. The van der Waals surface area contributed by atoms with E-state index in [1.807, 2.05) is 0 Å². The van der Waals surface area contributed by atoms with E-state index in [1.165, 1.54) is 4.90 Å². The third-order valence-corrected chi connectivity index (χ3v) is 5.61. The number of amides is 2. The van der Waals surface area contributed by atoms with Gasteiger partial charge in [-0.1, -0.05) is 13.8 Å². The summed E-state index contributed by atoms with van der Waals surface area (Å²) in [6.07, 6.45) is 4.77. The van der Waals surface area contributed by atoms with Crippen molar-refractivity contribution in [2.24, 2.45) is 23.7 Å². The number of nitrogens with zero attached hydrogens (tertiary/aromatic N) is 2. The molecule has 0 aromatic rings. The first-order valence-corrected chi connectivity index (χ1v) is 7.77. The highest BCUT2D eigenvalue weighted by Crippen LogP contribution is 2.48. The van der Waals surface area contributed by atoms with Gasteiger partial charge in [-0.2, -0.15) is 5.26 Å². The van der Waals surface area contributed by atoms with Crippen molar-refractivity contribution in [3.63, 3.8) is 0 Å². The quantitative estimate of drug-likeness (QED) is 0.690. The van der Waals surface area contributed by atoms with Crippen LogP contribution >= 0.6 is 0 Å². The zero-order valence-corrected chi connectivity index (χ0v) is 12.3. The molecule has 0 N–H and O–H groups in total. The predicted molar refractivity (Wildman–Crippen MR) is 73.2 cm³/mol. The molecule has 4 heteroatoms. The number of rotatable bonds is 1. The Labute approximate surface area is 120 Å². The Hall–Kier alpha value is -1.37. The van der Waals surface area contributed by atoms with Crippen LogP contribution in [0.25, 0.3) is 0 Å². The third-order valence-electron chi connectivity index (χ3n) is 5.61. The molecule has 2 aliphatic carbocycles. The molecule has 0 spiro atoms. The lowest BCUT2D eigenvalue weighted by molar-refractivity contribution is -0.147. The van der Waals surface area contributed by atoms with Gasteiger partial charge in [0.25, 0.3) is 0 Å². The van der Waals surface area contributed by atoms with Gasteiger partial charge in [-0.15, -0.1) is 0 Å². The van der Waals surface area contributed by atoms with Crippen LogP contribution in [0.15, 0.2) is 0 Å². The van der Waals surface area contributed by atoms with E-state index in [9.17, 15) is 14.9 Å². The Balaban J connectivity index is 1.89. The first kappa shape index (κ1) is 13.6. The van der Waals surface area contributed by atoms with E-state index in [0.717, 1.165) is 25.7 Å². The lowest BCUT2D eigenvalue weighted by atomic mass is 9.77. The molecule has 0 bridgehead atoms. The van der Waals surface area contributed by atoms with E-state index >= 15 is 0 Å². The third kappa shape index (κ3) is 1.79. The van der Waals surface area contributed by atoms with E-state index < -0.39 is 5.54 Å². The van der Waals surface area contributed by atoms with Crippen molar-refractivity contribution in [2.45, 2.75) is 57.9 Å². The van der Waals surface area contributed by atoms with Gasteiger partial charge in [-0.05, 0) is 50.4 Å². The molecule has 20 heavy (non-hydrogen) atoms. The molecule has 0 aromatic carbocycles. The maximum atomic E-state index is 12.6. The largest absolute Gasteiger partial charge is 0.274 e. The molecule has 1 saturated heterocycles. The van der Waals surface area contributed by atoms with E-state index in [2.05, 4.69) is 19.9 Å². The second kappa shape index (κ2) is 4.58. The molecule has 2 unspecified atom stereocenters. The number of imide groups is 1. The molecule has 0 aromatic heterocycles. The van der Waals surface area contributed by atoms with Crippen LogP contribution in [0.1, 0.15) is 52.4 Å². The molecule has 3 rings (SSSR count). The lowest BCUT2D eigenvalue weighted by Crippen LogP contribution is -2.53. The molecule has 2 atom stereocenters. The number of likely N-dealkylation sites (tertiary alicyclic amines) is 1. The summed E-state index contributed by atoms with van der Waals surface area (Å²) in [5.41, 5.74) is -0.853. The zero-order chi connectivity index (χ0) is 14.5. The van der Waals surface area contributed by atoms with Crippen molar-refractivity contribution >= 4 is 11.8 Å². The van der Waals surface area contributed by atoms with Gasteiger partial charge in [-0.25, -0.2) is 0 Å². The molecule has 2 saturated carbocycles. The predicted octanol–water partition coefficient (Wildman–Crippen LogP) is 2.49. The van der Waals surface area contributed by atoms with Crippen molar-refractivity contribution in [2.75, 3.05) is 0 Å². The molecule has 0 radical (unpaired) electrons. The van der Waals surface area contributed by atoms with Crippen LogP contribution in [0.3, 0.4) is 0 Å². The maximum absolute atomic E-state index is 12.6. The van der Waals surface area contributed by atoms with E-state index in [1.54, 1.807) is 0 Å². The number of nitriles is 1. The van der Waals surface area contributed by atoms with Crippen molar-refractivity contribution in [1.82, 2.24) is 4.90 Å².